The van der Waals surface area contributed by atoms with Gasteiger partial charge in [0.15, 0.2) is 0 Å². The molecule has 0 N–H and O–H groups in total. The normalized spacial score (nSPS) is 10.3. The van der Waals surface area contributed by atoms with Crippen molar-refractivity contribution >= 4 is 29.0 Å². The molecule has 130 valence electrons. The summed E-state index contributed by atoms with van der Waals surface area (Å²) in [5.41, 5.74) is 5.15. The second-order valence-corrected chi connectivity index (χ2v) is 7.47. The van der Waals surface area contributed by atoms with E-state index in [4.69, 9.17) is 5.26 Å². The van der Waals surface area contributed by atoms with Gasteiger partial charge in [0, 0.05) is 29.6 Å². The van der Waals surface area contributed by atoms with Gasteiger partial charge in [0.1, 0.15) is 0 Å². The summed E-state index contributed by atoms with van der Waals surface area (Å²) in [6.07, 6.45) is 0. The van der Waals surface area contributed by atoms with Gasteiger partial charge in [-0.2, -0.15) is 5.26 Å². The number of nitrogens with zero attached hydrogens (tertiary/aromatic N) is 3. The van der Waals surface area contributed by atoms with Crippen molar-refractivity contribution in [2.75, 3.05) is 7.05 Å². The average molecular weight is 380 g/mol. The van der Waals surface area contributed by atoms with Crippen molar-refractivity contribution in [3.63, 3.8) is 0 Å². The van der Waals surface area contributed by atoms with E-state index >= 15 is 0 Å². The number of hydrogen-bond donors (Lipinski definition) is 0. The molecule has 1 amide bonds. The summed E-state index contributed by atoms with van der Waals surface area (Å²) in [5, 5.41) is 10.9. The van der Waals surface area contributed by atoms with Crippen LogP contribution in [-0.4, -0.2) is 22.8 Å². The number of rotatable bonds is 6. The molecule has 4 nitrogen and oxygen atoms in total. The molecule has 26 heavy (non-hydrogen) atoms. The number of amides is 1. The van der Waals surface area contributed by atoms with Crippen LogP contribution < -0.4 is 0 Å². The second kappa shape index (κ2) is 8.65. The van der Waals surface area contributed by atoms with Gasteiger partial charge in [-0.15, -0.1) is 23.1 Å². The lowest BCUT2D eigenvalue weighted by molar-refractivity contribution is 0.0781. The molecule has 3 aromatic rings. The number of aromatic nitrogens is 1. The fourth-order valence-electron chi connectivity index (χ4n) is 2.47. The van der Waals surface area contributed by atoms with Gasteiger partial charge in [-0.1, -0.05) is 24.3 Å². The summed E-state index contributed by atoms with van der Waals surface area (Å²) in [6.45, 7) is 0.496. The van der Waals surface area contributed by atoms with Gasteiger partial charge in [-0.3, -0.25) is 4.79 Å². The van der Waals surface area contributed by atoms with E-state index < -0.39 is 0 Å². The molecule has 0 aliphatic carbocycles. The standard InChI is InChI=1S/C20H17N3OS2/c1-23(11-16-8-6-15(10-21)7-9-16)20(24)18-4-2-3-5-19(18)26-13-17-12-25-14-22-17/h2-9,12,14H,11,13H2,1H3. The van der Waals surface area contributed by atoms with Gasteiger partial charge in [0.25, 0.3) is 5.91 Å². The van der Waals surface area contributed by atoms with Crippen LogP contribution in [0.5, 0.6) is 0 Å². The zero-order valence-electron chi connectivity index (χ0n) is 14.3. The van der Waals surface area contributed by atoms with Crippen LogP contribution in [-0.2, 0) is 12.3 Å². The Morgan fingerprint density at radius 1 is 1.23 bits per heavy atom. The summed E-state index contributed by atoms with van der Waals surface area (Å²) in [7, 11) is 1.79. The SMILES string of the molecule is CN(Cc1ccc(C#N)cc1)C(=O)c1ccccc1SCc1cscn1. The number of benzene rings is 2. The Morgan fingerprint density at radius 3 is 2.69 bits per heavy atom. The molecule has 0 bridgehead atoms. The maximum atomic E-state index is 12.9. The van der Waals surface area contributed by atoms with E-state index in [1.165, 1.54) is 0 Å². The predicted molar refractivity (Wildman–Crippen MR) is 105 cm³/mol. The summed E-state index contributed by atoms with van der Waals surface area (Å²) in [4.78, 5) is 19.8. The van der Waals surface area contributed by atoms with Gasteiger partial charge in [-0.05, 0) is 29.8 Å². The van der Waals surface area contributed by atoms with Crippen molar-refractivity contribution in [2.45, 2.75) is 17.2 Å². The van der Waals surface area contributed by atoms with Gasteiger partial charge in [-0.25, -0.2) is 4.98 Å². The third-order valence-corrected chi connectivity index (χ3v) is 5.57. The highest BCUT2D eigenvalue weighted by Crippen LogP contribution is 2.27. The van der Waals surface area contributed by atoms with Crippen LogP contribution >= 0.6 is 23.1 Å². The van der Waals surface area contributed by atoms with Gasteiger partial charge in [0.05, 0.1) is 28.4 Å². The molecular weight excluding hydrogens is 362 g/mol. The Balaban J connectivity index is 1.70. The van der Waals surface area contributed by atoms with E-state index in [-0.39, 0.29) is 5.91 Å². The summed E-state index contributed by atoms with van der Waals surface area (Å²) < 4.78 is 0. The highest BCUT2D eigenvalue weighted by molar-refractivity contribution is 7.98. The molecule has 0 saturated carbocycles. The molecule has 3 rings (SSSR count). The number of thioether (sulfide) groups is 1. The molecule has 0 aliphatic rings. The van der Waals surface area contributed by atoms with Gasteiger partial charge >= 0.3 is 0 Å². The predicted octanol–water partition coefficient (Wildman–Crippen LogP) is 4.58. The molecule has 0 spiro atoms. The van der Waals surface area contributed by atoms with Crippen molar-refractivity contribution in [3.05, 3.63) is 81.8 Å². The fourth-order valence-corrected chi connectivity index (χ4v) is 4.08. The van der Waals surface area contributed by atoms with Crippen LogP contribution in [0.25, 0.3) is 0 Å². The van der Waals surface area contributed by atoms with Crippen LogP contribution in [0.15, 0.2) is 64.3 Å². The van der Waals surface area contributed by atoms with Gasteiger partial charge in [0.2, 0.25) is 0 Å². The number of hydrogen-bond acceptors (Lipinski definition) is 5. The van der Waals surface area contributed by atoms with Crippen molar-refractivity contribution in [3.8, 4) is 6.07 Å². The van der Waals surface area contributed by atoms with E-state index in [9.17, 15) is 4.79 Å². The van der Waals surface area contributed by atoms with Crippen LogP contribution in [0, 0.1) is 11.3 Å². The van der Waals surface area contributed by atoms with E-state index in [2.05, 4.69) is 11.1 Å². The topological polar surface area (TPSA) is 57.0 Å². The maximum Gasteiger partial charge on any atom is 0.255 e. The Morgan fingerprint density at radius 2 is 2.00 bits per heavy atom. The number of nitriles is 1. The molecule has 0 atom stereocenters. The highest BCUT2D eigenvalue weighted by Gasteiger charge is 2.16. The lowest BCUT2D eigenvalue weighted by Gasteiger charge is -2.19. The first-order valence-electron chi connectivity index (χ1n) is 8.01. The minimum atomic E-state index is -0.0178. The summed E-state index contributed by atoms with van der Waals surface area (Å²) in [5.74, 6) is 0.725. The monoisotopic (exact) mass is 379 g/mol. The molecule has 0 fully saturated rings. The van der Waals surface area contributed by atoms with Crippen molar-refractivity contribution in [1.29, 1.82) is 5.26 Å². The molecule has 0 saturated heterocycles. The Bertz CT molecular complexity index is 915. The van der Waals surface area contributed by atoms with Crippen LogP contribution in [0.2, 0.25) is 0 Å². The maximum absolute atomic E-state index is 12.9. The van der Waals surface area contributed by atoms with Crippen LogP contribution in [0.1, 0.15) is 27.2 Å². The number of thiazole rings is 1. The average Bonchev–Trinajstić information content (AvgIpc) is 3.20. The van der Waals surface area contributed by atoms with Crippen LogP contribution in [0.4, 0.5) is 0 Å². The Hall–Kier alpha value is -2.62. The van der Waals surface area contributed by atoms with Crippen molar-refractivity contribution in [2.24, 2.45) is 0 Å². The lowest BCUT2D eigenvalue weighted by atomic mass is 10.1. The van der Waals surface area contributed by atoms with E-state index in [1.807, 2.05) is 47.3 Å². The Labute approximate surface area is 161 Å². The van der Waals surface area contributed by atoms with E-state index in [1.54, 1.807) is 47.2 Å². The summed E-state index contributed by atoms with van der Waals surface area (Å²) in [6, 6.07) is 17.1. The third-order valence-electron chi connectivity index (χ3n) is 3.83. The largest absolute Gasteiger partial charge is 0.337 e. The minimum Gasteiger partial charge on any atom is -0.337 e. The zero-order chi connectivity index (χ0) is 18.4. The molecule has 0 unspecified atom stereocenters. The van der Waals surface area contributed by atoms with Crippen LogP contribution in [0.3, 0.4) is 0 Å². The molecule has 1 aromatic heterocycles. The lowest BCUT2D eigenvalue weighted by Crippen LogP contribution is -2.26. The minimum absolute atomic E-state index is 0.0178. The third kappa shape index (κ3) is 4.51. The fraction of sp³-hybridized carbons (Fsp3) is 0.150. The molecule has 6 heteroatoms. The smallest absolute Gasteiger partial charge is 0.255 e. The molecular formula is C20H17N3OS2. The quantitative estimate of drug-likeness (QED) is 0.588. The van der Waals surface area contributed by atoms with E-state index in [0.29, 0.717) is 17.7 Å². The second-order valence-electron chi connectivity index (χ2n) is 5.73. The first kappa shape index (κ1) is 18.2. The first-order valence-corrected chi connectivity index (χ1v) is 9.93. The molecule has 2 aromatic carbocycles. The highest BCUT2D eigenvalue weighted by atomic mass is 32.2. The molecule has 0 aliphatic heterocycles. The summed E-state index contributed by atoms with van der Waals surface area (Å²) >= 11 is 3.20. The number of carbonyl (C=O) groups excluding carboxylic acids is 1. The zero-order valence-corrected chi connectivity index (χ0v) is 15.9. The van der Waals surface area contributed by atoms with Gasteiger partial charge < -0.3 is 4.90 Å². The van der Waals surface area contributed by atoms with Crippen molar-refractivity contribution in [1.82, 2.24) is 9.88 Å². The molecule has 0 radical (unpaired) electrons. The van der Waals surface area contributed by atoms with Crippen molar-refractivity contribution < 1.29 is 4.79 Å². The first-order chi connectivity index (χ1) is 12.7. The molecule has 1 heterocycles. The number of carbonyl (C=O) groups is 1. The Kier molecular flexibility index (Phi) is 6.05. The van der Waals surface area contributed by atoms with E-state index in [0.717, 1.165) is 21.9 Å².